The molecule has 11 heteroatoms. The lowest BCUT2D eigenvalue weighted by Gasteiger charge is -2.13. The van der Waals surface area contributed by atoms with Crippen LogP contribution < -0.4 is 21.7 Å². The van der Waals surface area contributed by atoms with Crippen molar-refractivity contribution < 1.29 is 9.59 Å². The van der Waals surface area contributed by atoms with Crippen molar-refractivity contribution in [3.8, 4) is 5.69 Å². The summed E-state index contributed by atoms with van der Waals surface area (Å²) >= 11 is 0. The number of nitrogens with zero attached hydrogens (tertiary/aromatic N) is 5. The number of nitrogens with two attached hydrogens (primary N) is 1. The second-order valence-electron chi connectivity index (χ2n) is 8.86. The Labute approximate surface area is 200 Å². The van der Waals surface area contributed by atoms with Crippen LogP contribution in [0.3, 0.4) is 0 Å². The fourth-order valence-electron chi connectivity index (χ4n) is 4.06. The summed E-state index contributed by atoms with van der Waals surface area (Å²) in [7, 11) is 0. The maximum absolute atomic E-state index is 12.1. The van der Waals surface area contributed by atoms with Crippen LogP contribution in [0.2, 0.25) is 0 Å². The number of aryl methyl sites for hydroxylation is 1. The van der Waals surface area contributed by atoms with E-state index in [1.807, 2.05) is 42.0 Å². The molecule has 5 N–H and O–H groups in total. The van der Waals surface area contributed by atoms with Gasteiger partial charge in [-0.3, -0.25) is 14.9 Å². The summed E-state index contributed by atoms with van der Waals surface area (Å²) in [6.07, 6.45) is 9.21. The molecular weight excluding hydrogens is 446 g/mol. The quantitative estimate of drug-likeness (QED) is 0.192. The standard InChI is InChI=1S/C24H23N9O2/c1-13-11-32(12-26-13)19-7-16(25)6-18(8-19)28-20-9-21(29-17-2-3-17)33-23(30-20)15(10-27-33)4-14-5-22(34)31-24(14)35/h4,6-12,17,29H,2-3,5,25H2,1H3,(H,28,30)(H,31,34,35)/b14-4+. The number of benzene rings is 1. The van der Waals surface area contributed by atoms with Crippen molar-refractivity contribution >= 4 is 46.5 Å². The van der Waals surface area contributed by atoms with E-state index in [1.165, 1.54) is 0 Å². The second kappa shape index (κ2) is 7.97. The van der Waals surface area contributed by atoms with Crippen molar-refractivity contribution in [1.29, 1.82) is 0 Å². The van der Waals surface area contributed by atoms with Crippen molar-refractivity contribution in [1.82, 2.24) is 29.5 Å². The smallest absolute Gasteiger partial charge is 0.254 e. The molecule has 4 aromatic rings. The number of aromatic nitrogens is 5. The summed E-state index contributed by atoms with van der Waals surface area (Å²) in [4.78, 5) is 32.7. The van der Waals surface area contributed by atoms with E-state index < -0.39 is 0 Å². The van der Waals surface area contributed by atoms with Crippen molar-refractivity contribution in [2.45, 2.75) is 32.2 Å². The predicted octanol–water partition coefficient (Wildman–Crippen LogP) is 2.55. The van der Waals surface area contributed by atoms with Crippen LogP contribution >= 0.6 is 0 Å². The Morgan fingerprint density at radius 1 is 1.20 bits per heavy atom. The number of rotatable bonds is 6. The summed E-state index contributed by atoms with van der Waals surface area (Å²) in [5.41, 5.74) is 10.9. The Balaban J connectivity index is 1.40. The van der Waals surface area contributed by atoms with Gasteiger partial charge in [0.1, 0.15) is 11.6 Å². The maximum Gasteiger partial charge on any atom is 0.254 e. The number of imide groups is 1. The third kappa shape index (κ3) is 4.19. The molecular formula is C24H23N9O2. The molecule has 2 amide bonds. The van der Waals surface area contributed by atoms with E-state index in [1.54, 1.807) is 23.1 Å². The Morgan fingerprint density at radius 2 is 2.06 bits per heavy atom. The first-order valence-corrected chi connectivity index (χ1v) is 11.3. The second-order valence-corrected chi connectivity index (χ2v) is 8.86. The Kier molecular flexibility index (Phi) is 4.76. The van der Waals surface area contributed by atoms with Gasteiger partial charge in [0.25, 0.3) is 5.91 Å². The van der Waals surface area contributed by atoms with Gasteiger partial charge >= 0.3 is 0 Å². The highest BCUT2D eigenvalue weighted by atomic mass is 16.2. The Morgan fingerprint density at radius 3 is 2.77 bits per heavy atom. The van der Waals surface area contributed by atoms with E-state index in [-0.39, 0.29) is 18.2 Å². The number of carbonyl (C=O) groups is 2. The van der Waals surface area contributed by atoms with Gasteiger partial charge in [-0.1, -0.05) is 0 Å². The van der Waals surface area contributed by atoms with Crippen LogP contribution in [0.1, 0.15) is 30.5 Å². The number of fused-ring (bicyclic) bond motifs is 1. The molecule has 0 atom stereocenters. The van der Waals surface area contributed by atoms with Gasteiger partial charge in [-0.25, -0.2) is 9.97 Å². The van der Waals surface area contributed by atoms with Gasteiger partial charge < -0.3 is 20.9 Å². The molecule has 6 rings (SSSR count). The molecule has 0 radical (unpaired) electrons. The molecule has 2 fully saturated rings. The Hall–Kier alpha value is -4.67. The minimum Gasteiger partial charge on any atom is -0.399 e. The van der Waals surface area contributed by atoms with Crippen LogP contribution in [0.25, 0.3) is 17.4 Å². The van der Waals surface area contributed by atoms with E-state index in [2.05, 4.69) is 26.0 Å². The highest BCUT2D eigenvalue weighted by molar-refractivity contribution is 6.15. The molecule has 4 heterocycles. The van der Waals surface area contributed by atoms with Gasteiger partial charge in [-0.2, -0.15) is 9.61 Å². The average Bonchev–Trinajstić information content (AvgIpc) is 3.20. The molecule has 1 aliphatic heterocycles. The van der Waals surface area contributed by atoms with Gasteiger partial charge in [-0.05, 0) is 44.0 Å². The number of carbonyl (C=O) groups excluding carboxylic acids is 2. The largest absolute Gasteiger partial charge is 0.399 e. The van der Waals surface area contributed by atoms with Crippen molar-refractivity contribution in [3.05, 3.63) is 59.8 Å². The highest BCUT2D eigenvalue weighted by Gasteiger charge is 2.25. The van der Waals surface area contributed by atoms with Gasteiger partial charge in [0.2, 0.25) is 5.91 Å². The number of hydrogen-bond acceptors (Lipinski definition) is 8. The monoisotopic (exact) mass is 469 g/mol. The number of nitrogens with one attached hydrogen (secondary N) is 3. The molecule has 1 aromatic carbocycles. The van der Waals surface area contributed by atoms with Gasteiger partial charge in [0.15, 0.2) is 5.65 Å². The van der Waals surface area contributed by atoms with Crippen molar-refractivity contribution in [2.75, 3.05) is 16.4 Å². The SMILES string of the molecule is Cc1cn(-c2cc(N)cc(Nc3cc(NC4CC4)n4ncc(/C=C5\CC(=O)NC5=O)c4n3)c2)cn1. The fraction of sp³-hybridized carbons (Fsp3) is 0.208. The van der Waals surface area contributed by atoms with Crippen molar-refractivity contribution in [3.63, 3.8) is 0 Å². The summed E-state index contributed by atoms with van der Waals surface area (Å²) in [6, 6.07) is 7.95. The minimum atomic E-state index is -0.387. The van der Waals surface area contributed by atoms with Crippen LogP contribution in [0.15, 0.2) is 48.6 Å². The van der Waals surface area contributed by atoms with Gasteiger partial charge in [0.05, 0.1) is 30.3 Å². The third-order valence-corrected chi connectivity index (χ3v) is 5.88. The lowest BCUT2D eigenvalue weighted by Crippen LogP contribution is -2.19. The lowest BCUT2D eigenvalue weighted by molar-refractivity contribution is -0.124. The molecule has 1 aliphatic carbocycles. The fourth-order valence-corrected chi connectivity index (χ4v) is 4.06. The zero-order chi connectivity index (χ0) is 24.1. The number of nitrogen functional groups attached to an aromatic ring is 1. The number of hydrogen-bond donors (Lipinski definition) is 4. The predicted molar refractivity (Wildman–Crippen MR) is 131 cm³/mol. The zero-order valence-corrected chi connectivity index (χ0v) is 18.9. The van der Waals surface area contributed by atoms with E-state index in [0.717, 1.165) is 35.7 Å². The van der Waals surface area contributed by atoms with Crippen LogP contribution in [0, 0.1) is 6.92 Å². The van der Waals surface area contributed by atoms with E-state index in [9.17, 15) is 9.59 Å². The molecule has 1 saturated heterocycles. The number of imidazole rings is 1. The molecule has 176 valence electrons. The number of amides is 2. The molecule has 0 bridgehead atoms. The molecule has 0 unspecified atom stereocenters. The molecule has 0 spiro atoms. The Bertz CT molecular complexity index is 1530. The van der Waals surface area contributed by atoms with E-state index >= 15 is 0 Å². The normalized spacial score (nSPS) is 16.8. The third-order valence-electron chi connectivity index (χ3n) is 5.88. The summed E-state index contributed by atoms with van der Waals surface area (Å²) in [6.45, 7) is 1.93. The molecule has 11 nitrogen and oxygen atoms in total. The van der Waals surface area contributed by atoms with E-state index in [4.69, 9.17) is 10.7 Å². The highest BCUT2D eigenvalue weighted by Crippen LogP contribution is 2.30. The number of anilines is 4. The first kappa shape index (κ1) is 20.9. The molecule has 35 heavy (non-hydrogen) atoms. The first-order valence-electron chi connectivity index (χ1n) is 11.3. The summed E-state index contributed by atoms with van der Waals surface area (Å²) in [5.74, 6) is 0.675. The first-order chi connectivity index (χ1) is 16.9. The zero-order valence-electron chi connectivity index (χ0n) is 18.9. The van der Waals surface area contributed by atoms with Gasteiger partial charge in [0, 0.05) is 40.8 Å². The molecule has 3 aromatic heterocycles. The van der Waals surface area contributed by atoms with Crippen LogP contribution in [-0.2, 0) is 9.59 Å². The van der Waals surface area contributed by atoms with Gasteiger partial charge in [-0.15, -0.1) is 0 Å². The van der Waals surface area contributed by atoms with Crippen LogP contribution in [0.5, 0.6) is 0 Å². The molecule has 2 aliphatic rings. The van der Waals surface area contributed by atoms with Crippen LogP contribution in [0.4, 0.5) is 23.0 Å². The van der Waals surface area contributed by atoms with E-state index in [0.29, 0.717) is 34.3 Å². The maximum atomic E-state index is 12.1. The lowest BCUT2D eigenvalue weighted by atomic mass is 10.1. The summed E-state index contributed by atoms with van der Waals surface area (Å²) < 4.78 is 3.62. The molecule has 1 saturated carbocycles. The average molecular weight is 470 g/mol. The van der Waals surface area contributed by atoms with Crippen LogP contribution in [-0.4, -0.2) is 42.0 Å². The summed E-state index contributed by atoms with van der Waals surface area (Å²) in [5, 5.41) is 13.6. The minimum absolute atomic E-state index is 0.0427. The van der Waals surface area contributed by atoms with Crippen molar-refractivity contribution in [2.24, 2.45) is 0 Å². The topological polar surface area (TPSA) is 144 Å².